The van der Waals surface area contributed by atoms with Crippen LogP contribution in [0.4, 0.5) is 4.39 Å². The standard InChI is InChI=1S/C18H25FN2O/c19-16-8-3-7-15(11-16)12-20-18(22)17-9-4-10-21(17)13-14-5-1-2-6-14/h3,7-8,11,14,17H,1-2,4-6,9-10,12-13H2,(H,20,22)/t17-/m1/s1. The van der Waals surface area contributed by atoms with E-state index in [4.69, 9.17) is 0 Å². The Morgan fingerprint density at radius 3 is 2.82 bits per heavy atom. The number of hydrogen-bond donors (Lipinski definition) is 1. The van der Waals surface area contributed by atoms with E-state index in [-0.39, 0.29) is 17.8 Å². The SMILES string of the molecule is O=C(NCc1cccc(F)c1)[C@H]1CCCN1CC1CCCC1. The van der Waals surface area contributed by atoms with Crippen molar-refractivity contribution in [2.45, 2.75) is 51.1 Å². The maximum Gasteiger partial charge on any atom is 0.237 e. The van der Waals surface area contributed by atoms with Gasteiger partial charge in [-0.3, -0.25) is 9.69 Å². The van der Waals surface area contributed by atoms with Gasteiger partial charge in [-0.05, 0) is 55.8 Å². The number of nitrogens with one attached hydrogen (secondary N) is 1. The molecule has 22 heavy (non-hydrogen) atoms. The summed E-state index contributed by atoms with van der Waals surface area (Å²) in [6, 6.07) is 6.43. The van der Waals surface area contributed by atoms with Gasteiger partial charge in [-0.2, -0.15) is 0 Å². The molecule has 1 atom stereocenters. The van der Waals surface area contributed by atoms with Gasteiger partial charge in [0.25, 0.3) is 0 Å². The third kappa shape index (κ3) is 3.86. The zero-order chi connectivity index (χ0) is 15.4. The van der Waals surface area contributed by atoms with Crippen LogP contribution in [0.1, 0.15) is 44.1 Å². The fourth-order valence-electron chi connectivity index (χ4n) is 3.82. The maximum atomic E-state index is 13.2. The zero-order valence-corrected chi connectivity index (χ0v) is 13.1. The third-order valence-corrected chi connectivity index (χ3v) is 4.99. The van der Waals surface area contributed by atoms with Gasteiger partial charge in [0.2, 0.25) is 5.91 Å². The topological polar surface area (TPSA) is 32.3 Å². The normalized spacial score (nSPS) is 23.0. The van der Waals surface area contributed by atoms with Crippen molar-refractivity contribution in [1.29, 1.82) is 0 Å². The molecular weight excluding hydrogens is 279 g/mol. The number of carbonyl (C=O) groups is 1. The Balaban J connectivity index is 1.51. The van der Waals surface area contributed by atoms with Crippen LogP contribution in [-0.4, -0.2) is 29.9 Å². The fraction of sp³-hybridized carbons (Fsp3) is 0.611. The van der Waals surface area contributed by atoms with Gasteiger partial charge < -0.3 is 5.32 Å². The summed E-state index contributed by atoms with van der Waals surface area (Å²) in [7, 11) is 0. The van der Waals surface area contributed by atoms with Crippen LogP contribution in [-0.2, 0) is 11.3 Å². The summed E-state index contributed by atoms with van der Waals surface area (Å²) in [4.78, 5) is 14.8. The second-order valence-electron chi connectivity index (χ2n) is 6.65. The van der Waals surface area contributed by atoms with E-state index >= 15 is 0 Å². The lowest BCUT2D eigenvalue weighted by Gasteiger charge is -2.26. The van der Waals surface area contributed by atoms with Gasteiger partial charge in [0.05, 0.1) is 6.04 Å². The minimum absolute atomic E-state index is 0.00848. The minimum Gasteiger partial charge on any atom is -0.351 e. The van der Waals surface area contributed by atoms with Gasteiger partial charge in [-0.1, -0.05) is 25.0 Å². The number of halogens is 1. The molecule has 2 fully saturated rings. The first kappa shape index (κ1) is 15.5. The number of nitrogens with zero attached hydrogens (tertiary/aromatic N) is 1. The van der Waals surface area contributed by atoms with Crippen LogP contribution in [0.5, 0.6) is 0 Å². The van der Waals surface area contributed by atoms with Gasteiger partial charge >= 0.3 is 0 Å². The van der Waals surface area contributed by atoms with Crippen LogP contribution in [0.15, 0.2) is 24.3 Å². The summed E-state index contributed by atoms with van der Waals surface area (Å²) in [6.45, 7) is 2.51. The highest BCUT2D eigenvalue weighted by atomic mass is 19.1. The average molecular weight is 304 g/mol. The monoisotopic (exact) mass is 304 g/mol. The van der Waals surface area contributed by atoms with Crippen LogP contribution < -0.4 is 5.32 Å². The molecule has 0 aromatic heterocycles. The quantitative estimate of drug-likeness (QED) is 0.906. The predicted molar refractivity (Wildman–Crippen MR) is 84.8 cm³/mol. The van der Waals surface area contributed by atoms with Crippen molar-refractivity contribution in [3.63, 3.8) is 0 Å². The first-order valence-electron chi connectivity index (χ1n) is 8.48. The average Bonchev–Trinajstić information content (AvgIpc) is 3.17. The molecular formula is C18H25FN2O. The lowest BCUT2D eigenvalue weighted by molar-refractivity contribution is -0.125. The van der Waals surface area contributed by atoms with E-state index < -0.39 is 0 Å². The van der Waals surface area contributed by atoms with Crippen molar-refractivity contribution >= 4 is 5.91 Å². The maximum absolute atomic E-state index is 13.2. The first-order chi connectivity index (χ1) is 10.7. The highest BCUT2D eigenvalue weighted by molar-refractivity contribution is 5.82. The molecule has 0 spiro atoms. The van der Waals surface area contributed by atoms with Gasteiger partial charge in [-0.15, -0.1) is 0 Å². The summed E-state index contributed by atoms with van der Waals surface area (Å²) >= 11 is 0. The molecule has 3 nitrogen and oxygen atoms in total. The summed E-state index contributed by atoms with van der Waals surface area (Å²) < 4.78 is 13.2. The molecule has 1 aromatic rings. The molecule has 1 saturated heterocycles. The lowest BCUT2D eigenvalue weighted by Crippen LogP contribution is -2.44. The molecule has 120 valence electrons. The van der Waals surface area contributed by atoms with E-state index in [2.05, 4.69) is 10.2 Å². The van der Waals surface area contributed by atoms with Gasteiger partial charge in [0.15, 0.2) is 0 Å². The Hall–Kier alpha value is -1.42. The summed E-state index contributed by atoms with van der Waals surface area (Å²) in [6.07, 6.45) is 7.36. The molecule has 1 amide bonds. The Kier molecular flexibility index (Phi) is 5.08. The molecule has 1 aromatic carbocycles. The van der Waals surface area contributed by atoms with Crippen LogP contribution in [0, 0.1) is 11.7 Å². The highest BCUT2D eigenvalue weighted by Gasteiger charge is 2.32. The smallest absolute Gasteiger partial charge is 0.237 e. The number of amides is 1. The molecule has 1 saturated carbocycles. The second-order valence-corrected chi connectivity index (χ2v) is 6.65. The number of benzene rings is 1. The van der Waals surface area contributed by atoms with Crippen molar-refractivity contribution in [1.82, 2.24) is 10.2 Å². The van der Waals surface area contributed by atoms with Crippen molar-refractivity contribution in [3.8, 4) is 0 Å². The number of hydrogen-bond acceptors (Lipinski definition) is 2. The molecule has 0 radical (unpaired) electrons. The van der Waals surface area contributed by atoms with E-state index in [9.17, 15) is 9.18 Å². The molecule has 3 rings (SSSR count). The van der Waals surface area contributed by atoms with E-state index in [1.165, 1.54) is 37.8 Å². The molecule has 1 aliphatic heterocycles. The van der Waals surface area contributed by atoms with Crippen molar-refractivity contribution in [3.05, 3.63) is 35.6 Å². The Bertz CT molecular complexity index is 514. The first-order valence-corrected chi connectivity index (χ1v) is 8.48. The molecule has 2 aliphatic rings. The molecule has 0 unspecified atom stereocenters. The largest absolute Gasteiger partial charge is 0.351 e. The lowest BCUT2D eigenvalue weighted by atomic mass is 10.1. The van der Waals surface area contributed by atoms with E-state index in [0.29, 0.717) is 6.54 Å². The Morgan fingerprint density at radius 2 is 2.05 bits per heavy atom. The number of likely N-dealkylation sites (tertiary alicyclic amines) is 1. The van der Waals surface area contributed by atoms with Crippen LogP contribution in [0.25, 0.3) is 0 Å². The van der Waals surface area contributed by atoms with Crippen molar-refractivity contribution < 1.29 is 9.18 Å². The summed E-state index contributed by atoms with van der Waals surface area (Å²) in [5.74, 6) is 0.617. The molecule has 1 aliphatic carbocycles. The molecule has 1 N–H and O–H groups in total. The Morgan fingerprint density at radius 1 is 1.23 bits per heavy atom. The number of carbonyl (C=O) groups excluding carboxylic acids is 1. The van der Waals surface area contributed by atoms with Gasteiger partial charge in [-0.25, -0.2) is 4.39 Å². The minimum atomic E-state index is -0.254. The highest BCUT2D eigenvalue weighted by Crippen LogP contribution is 2.28. The molecule has 0 bridgehead atoms. The fourth-order valence-corrected chi connectivity index (χ4v) is 3.82. The molecule has 1 heterocycles. The predicted octanol–water partition coefficient (Wildman–Crippen LogP) is 3.10. The Labute approximate surface area is 131 Å². The van der Waals surface area contributed by atoms with Crippen LogP contribution in [0.3, 0.4) is 0 Å². The zero-order valence-electron chi connectivity index (χ0n) is 13.1. The summed E-state index contributed by atoms with van der Waals surface area (Å²) in [5, 5.41) is 2.98. The van der Waals surface area contributed by atoms with Crippen molar-refractivity contribution in [2.24, 2.45) is 5.92 Å². The van der Waals surface area contributed by atoms with E-state index in [1.54, 1.807) is 6.07 Å². The van der Waals surface area contributed by atoms with Gasteiger partial charge in [0, 0.05) is 13.1 Å². The number of rotatable bonds is 5. The summed E-state index contributed by atoms with van der Waals surface area (Å²) in [5.41, 5.74) is 0.814. The van der Waals surface area contributed by atoms with Crippen molar-refractivity contribution in [2.75, 3.05) is 13.1 Å². The van der Waals surface area contributed by atoms with E-state index in [1.807, 2.05) is 6.07 Å². The second kappa shape index (κ2) is 7.23. The van der Waals surface area contributed by atoms with Gasteiger partial charge in [0.1, 0.15) is 5.82 Å². The van der Waals surface area contributed by atoms with Crippen LogP contribution >= 0.6 is 0 Å². The molecule has 4 heteroatoms. The third-order valence-electron chi connectivity index (χ3n) is 4.99. The van der Waals surface area contributed by atoms with E-state index in [0.717, 1.165) is 37.4 Å². The van der Waals surface area contributed by atoms with Crippen LogP contribution in [0.2, 0.25) is 0 Å².